The molecular formula is C28H34F2N6O3S. The van der Waals surface area contributed by atoms with Crippen LogP contribution in [0.15, 0.2) is 111 Å². The van der Waals surface area contributed by atoms with Gasteiger partial charge in [-0.1, -0.05) is 43.0 Å². The maximum absolute atomic E-state index is 13.8. The molecule has 0 amide bonds. The van der Waals surface area contributed by atoms with E-state index in [0.29, 0.717) is 34.8 Å². The highest BCUT2D eigenvalue weighted by molar-refractivity contribution is 7.96. The third-order valence-electron chi connectivity index (χ3n) is 5.26. The fourth-order valence-corrected chi connectivity index (χ4v) is 3.69. The lowest BCUT2D eigenvalue weighted by atomic mass is 10.1. The minimum Gasteiger partial charge on any atom is -0.474 e. The summed E-state index contributed by atoms with van der Waals surface area (Å²) in [4.78, 5) is 21.3. The molecule has 0 aromatic carbocycles. The zero-order valence-electron chi connectivity index (χ0n) is 23.0. The second-order valence-electron chi connectivity index (χ2n) is 8.25. The highest BCUT2D eigenvalue weighted by atomic mass is 32.2. The Hall–Kier alpha value is -4.12. The summed E-state index contributed by atoms with van der Waals surface area (Å²) in [5, 5.41) is 8.59. The van der Waals surface area contributed by atoms with Crippen LogP contribution in [0, 0.1) is 0 Å². The van der Waals surface area contributed by atoms with Crippen molar-refractivity contribution < 1.29 is 23.4 Å². The topological polar surface area (TPSA) is 114 Å². The van der Waals surface area contributed by atoms with Gasteiger partial charge in [0.1, 0.15) is 6.61 Å². The third-order valence-corrected chi connectivity index (χ3v) is 5.68. The predicted molar refractivity (Wildman–Crippen MR) is 157 cm³/mol. The van der Waals surface area contributed by atoms with E-state index in [4.69, 9.17) is 10.5 Å². The number of halogens is 2. The normalized spacial score (nSPS) is 16.1. The number of nitrogens with two attached hydrogens (primary N) is 1. The minimum atomic E-state index is -1.26. The summed E-state index contributed by atoms with van der Waals surface area (Å²) in [7, 11) is 0. The van der Waals surface area contributed by atoms with Crippen LogP contribution in [0.3, 0.4) is 0 Å². The monoisotopic (exact) mass is 572 g/mol. The molecule has 1 aliphatic heterocycles. The van der Waals surface area contributed by atoms with Crippen LogP contribution in [-0.4, -0.2) is 55.2 Å². The summed E-state index contributed by atoms with van der Waals surface area (Å²) in [6, 6.07) is 0. The van der Waals surface area contributed by atoms with Crippen LogP contribution in [0.4, 0.5) is 8.92 Å². The average Bonchev–Trinajstić information content (AvgIpc) is 3.05. The van der Waals surface area contributed by atoms with Gasteiger partial charge in [0.05, 0.1) is 35.7 Å². The summed E-state index contributed by atoms with van der Waals surface area (Å²) in [6.07, 6.45) is 10.9. The number of hydrazone groups is 1. The Kier molecular flexibility index (Phi) is 12.9. The zero-order chi connectivity index (χ0) is 29.7. The largest absolute Gasteiger partial charge is 0.474 e. The maximum Gasteiger partial charge on any atom is 0.210 e. The number of ether oxygens (including phenoxy) is 1. The van der Waals surface area contributed by atoms with Gasteiger partial charge in [0.2, 0.25) is 11.7 Å². The fourth-order valence-electron chi connectivity index (χ4n) is 3.31. The Morgan fingerprint density at radius 1 is 1.38 bits per heavy atom. The van der Waals surface area contributed by atoms with Gasteiger partial charge in [0.25, 0.3) is 0 Å². The number of allylic oxidation sites excluding steroid dienone is 6. The first-order chi connectivity index (χ1) is 19.2. The van der Waals surface area contributed by atoms with Crippen LogP contribution in [0.1, 0.15) is 20.8 Å². The summed E-state index contributed by atoms with van der Waals surface area (Å²) in [5.41, 5.74) is 11.4. The van der Waals surface area contributed by atoms with Crippen LogP contribution in [0.5, 0.6) is 0 Å². The van der Waals surface area contributed by atoms with Crippen molar-refractivity contribution in [2.45, 2.75) is 26.9 Å². The summed E-state index contributed by atoms with van der Waals surface area (Å²) in [6.45, 7) is 13.4. The SMILES string of the molecule is C=C(/C=N\N(CN)C(=C)/C(C)=C\C(=NCC)OCC(F)C=CC)C(=O)C1=CC2=C=C(C=C(NSC)C(OF)=C2)N1. The minimum absolute atomic E-state index is 0.0511. The van der Waals surface area contributed by atoms with Gasteiger partial charge in [0.15, 0.2) is 11.9 Å². The molecule has 0 fully saturated rings. The average molecular weight is 573 g/mol. The van der Waals surface area contributed by atoms with Gasteiger partial charge in [-0.25, -0.2) is 4.39 Å². The first-order valence-corrected chi connectivity index (χ1v) is 13.5. The van der Waals surface area contributed by atoms with E-state index in [0.717, 1.165) is 0 Å². The molecule has 0 aromatic heterocycles. The van der Waals surface area contributed by atoms with Crippen LogP contribution >= 0.6 is 11.9 Å². The van der Waals surface area contributed by atoms with E-state index in [1.807, 2.05) is 6.92 Å². The number of rotatable bonds is 15. The molecule has 0 radical (unpaired) electrons. The number of carbonyl (C=O) groups excluding carboxylic acids is 1. The molecule has 0 saturated carbocycles. The molecular weight excluding hydrogens is 538 g/mol. The smallest absolute Gasteiger partial charge is 0.210 e. The molecule has 12 heteroatoms. The molecule has 2 aliphatic rings. The van der Waals surface area contributed by atoms with E-state index in [1.165, 1.54) is 41.4 Å². The lowest BCUT2D eigenvalue weighted by molar-refractivity contribution is -0.112. The highest BCUT2D eigenvalue weighted by Crippen LogP contribution is 2.24. The standard InChI is InChI=1S/C28H34F2N6O3S/c1-7-9-22(29)16-38-27(32-8-2)10-18(3)20(5)36(17-31)33-15-19(4)28(37)25-12-21-11-23(34-25)14-24(35-40-6)26(13-21)39-30/h7,9-10,12-15,22,34-35H,4-5,8,16-17,31H2,1-3,6H3/b9-7?,18-10-,32-27?,33-15-. The number of nitrogens with one attached hydrogen (secondary N) is 2. The number of carbonyl (C=O) groups is 1. The number of nitrogens with zero attached hydrogens (tertiary/aromatic N) is 3. The van der Waals surface area contributed by atoms with Crippen LogP contribution in [0.25, 0.3) is 0 Å². The van der Waals surface area contributed by atoms with Gasteiger partial charge >= 0.3 is 0 Å². The molecule has 1 atom stereocenters. The van der Waals surface area contributed by atoms with Crippen molar-refractivity contribution in [2.75, 3.05) is 26.1 Å². The Morgan fingerprint density at radius 2 is 2.12 bits per heavy atom. The van der Waals surface area contributed by atoms with Gasteiger partial charge in [-0.15, -0.1) is 0 Å². The lowest BCUT2D eigenvalue weighted by Gasteiger charge is -2.20. The molecule has 0 spiro atoms. The highest BCUT2D eigenvalue weighted by Gasteiger charge is 2.21. The van der Waals surface area contributed by atoms with Crippen LogP contribution < -0.4 is 15.8 Å². The van der Waals surface area contributed by atoms with Gasteiger partial charge in [-0.3, -0.25) is 19.7 Å². The number of hydrogen-bond acceptors (Lipinski definition) is 10. The Labute approximate surface area is 237 Å². The van der Waals surface area contributed by atoms with Crippen LogP contribution in [-0.2, 0) is 14.5 Å². The molecule has 1 unspecified atom stereocenters. The van der Waals surface area contributed by atoms with E-state index in [-0.39, 0.29) is 36.2 Å². The summed E-state index contributed by atoms with van der Waals surface area (Å²) >= 11 is 1.25. The number of aliphatic imine (C=N–C) groups is 1. The van der Waals surface area contributed by atoms with Crippen molar-refractivity contribution in [3.8, 4) is 0 Å². The third kappa shape index (κ3) is 9.26. The lowest BCUT2D eigenvalue weighted by Crippen LogP contribution is -2.26. The Bertz CT molecular complexity index is 1290. The van der Waals surface area contributed by atoms with Gasteiger partial charge < -0.3 is 20.5 Å². The van der Waals surface area contributed by atoms with E-state index in [2.05, 4.69) is 44.0 Å². The molecule has 4 N–H and O–H groups in total. The number of ketones is 1. The first-order valence-electron chi connectivity index (χ1n) is 12.2. The van der Waals surface area contributed by atoms with Crippen molar-refractivity contribution >= 4 is 29.8 Å². The number of alkyl halides is 1. The van der Waals surface area contributed by atoms with Gasteiger partial charge in [-0.05, 0) is 38.5 Å². The second kappa shape index (κ2) is 16.1. The van der Waals surface area contributed by atoms with Gasteiger partial charge in [0, 0.05) is 40.6 Å². The van der Waals surface area contributed by atoms with Crippen LogP contribution in [0.2, 0.25) is 0 Å². The molecule has 0 aromatic rings. The number of hydrogen-bond donors (Lipinski definition) is 3. The first kappa shape index (κ1) is 32.1. The Morgan fingerprint density at radius 3 is 2.75 bits per heavy atom. The second-order valence-corrected chi connectivity index (χ2v) is 8.86. The molecule has 2 rings (SSSR count). The number of Topliss-reactive ketones (excluding diaryl/α,β-unsaturated/α-hetero) is 1. The molecule has 9 nitrogen and oxygen atoms in total. The maximum atomic E-state index is 13.8. The predicted octanol–water partition coefficient (Wildman–Crippen LogP) is 4.57. The molecule has 40 heavy (non-hydrogen) atoms. The van der Waals surface area contributed by atoms with Crippen molar-refractivity contribution in [3.63, 3.8) is 0 Å². The molecule has 214 valence electrons. The Balaban J connectivity index is 2.14. The summed E-state index contributed by atoms with van der Waals surface area (Å²) < 4.78 is 35.3. The zero-order valence-corrected chi connectivity index (χ0v) is 23.8. The molecule has 2 bridgehead atoms. The van der Waals surface area contributed by atoms with Crippen molar-refractivity contribution in [3.05, 3.63) is 101 Å². The van der Waals surface area contributed by atoms with E-state index in [1.54, 1.807) is 38.3 Å². The molecule has 1 heterocycles. The molecule has 0 saturated heterocycles. The van der Waals surface area contributed by atoms with E-state index < -0.39 is 12.0 Å². The van der Waals surface area contributed by atoms with Gasteiger partial charge in [-0.2, -0.15) is 5.10 Å². The quantitative estimate of drug-likeness (QED) is 0.0301. The van der Waals surface area contributed by atoms with Crippen molar-refractivity contribution in [1.29, 1.82) is 0 Å². The van der Waals surface area contributed by atoms with E-state index in [9.17, 15) is 13.7 Å². The van der Waals surface area contributed by atoms with Crippen molar-refractivity contribution in [2.24, 2.45) is 15.8 Å². The summed E-state index contributed by atoms with van der Waals surface area (Å²) in [5.74, 6) is -0.262. The van der Waals surface area contributed by atoms with Crippen molar-refractivity contribution in [1.82, 2.24) is 15.0 Å². The molecule has 1 aliphatic carbocycles. The van der Waals surface area contributed by atoms with E-state index >= 15 is 0 Å². The fraction of sp³-hybridized carbons (Fsp3) is 0.286.